The van der Waals surface area contributed by atoms with E-state index in [2.05, 4.69) is 37.9 Å². The number of fused-ring (bicyclic) bond motifs is 5. The Morgan fingerprint density at radius 2 is 1.90 bits per heavy atom. The number of aromatic nitrogens is 2. The highest BCUT2D eigenvalue weighted by Crippen LogP contribution is 2.41. The Morgan fingerprint density at radius 1 is 1.10 bits per heavy atom. The molecular formula is C26H26N2OS. The number of hydrogen-bond acceptors (Lipinski definition) is 4. The number of furan rings is 1. The van der Waals surface area contributed by atoms with E-state index in [0.29, 0.717) is 16.8 Å². The molecule has 0 atom stereocenters. The van der Waals surface area contributed by atoms with Gasteiger partial charge in [-0.3, -0.25) is 4.98 Å². The van der Waals surface area contributed by atoms with Crippen LogP contribution in [-0.4, -0.2) is 9.97 Å². The SMILES string of the molecule is [2H]C([2H])([2H])c1cnc(-c2cccc3c2oc2c3ccc3sc(C(C)(C)C)nc32)cc1C([2H])(C)C. The van der Waals surface area contributed by atoms with E-state index in [0.717, 1.165) is 37.1 Å². The summed E-state index contributed by atoms with van der Waals surface area (Å²) in [5.41, 5.74) is 4.10. The average Bonchev–Trinajstić information content (AvgIpc) is 3.33. The predicted octanol–water partition coefficient (Wildman–Crippen LogP) is 7.99. The third-order valence-electron chi connectivity index (χ3n) is 5.38. The van der Waals surface area contributed by atoms with E-state index in [-0.39, 0.29) is 11.0 Å². The van der Waals surface area contributed by atoms with Crippen LogP contribution in [-0.2, 0) is 5.41 Å². The number of benzene rings is 2. The number of para-hydroxylation sites is 1. The molecular weight excluding hydrogens is 388 g/mol. The summed E-state index contributed by atoms with van der Waals surface area (Å²) in [6.45, 7) is 7.49. The van der Waals surface area contributed by atoms with Crippen LogP contribution in [0.3, 0.4) is 0 Å². The van der Waals surface area contributed by atoms with E-state index in [1.165, 1.54) is 6.20 Å². The van der Waals surface area contributed by atoms with Crippen LogP contribution >= 0.6 is 11.3 Å². The van der Waals surface area contributed by atoms with Gasteiger partial charge in [0.15, 0.2) is 5.58 Å². The Kier molecular flexibility index (Phi) is 3.35. The second-order valence-electron chi connectivity index (χ2n) is 8.96. The number of thiazole rings is 1. The van der Waals surface area contributed by atoms with E-state index < -0.39 is 12.7 Å². The lowest BCUT2D eigenvalue weighted by Gasteiger charge is -2.13. The first kappa shape index (κ1) is 15.1. The smallest absolute Gasteiger partial charge is 0.162 e. The molecule has 152 valence electrons. The molecule has 2 aromatic carbocycles. The number of pyridine rings is 1. The summed E-state index contributed by atoms with van der Waals surface area (Å²) in [6, 6.07) is 11.8. The molecule has 0 radical (unpaired) electrons. The minimum Gasteiger partial charge on any atom is -0.453 e. The molecule has 30 heavy (non-hydrogen) atoms. The van der Waals surface area contributed by atoms with Gasteiger partial charge in [0.05, 0.1) is 15.4 Å². The van der Waals surface area contributed by atoms with E-state index in [1.807, 2.05) is 18.2 Å². The van der Waals surface area contributed by atoms with Crippen LogP contribution in [0.2, 0.25) is 0 Å². The normalized spacial score (nSPS) is 15.4. The Labute approximate surface area is 186 Å². The molecule has 0 aliphatic carbocycles. The van der Waals surface area contributed by atoms with Crippen molar-refractivity contribution in [2.24, 2.45) is 0 Å². The van der Waals surface area contributed by atoms with Crippen molar-refractivity contribution in [3.05, 3.63) is 58.7 Å². The summed E-state index contributed by atoms with van der Waals surface area (Å²) in [4.78, 5) is 9.41. The standard InChI is InChI=1S/C26H26N2OS/c1-14(2)19-12-20(27-13-15(19)3)18-9-7-8-16-17-10-11-21-22(24(17)29-23(16)18)28-25(30-21)26(4,5)6/h7-14H,1-6H3/i3D3,14D. The topological polar surface area (TPSA) is 38.9 Å². The number of hydrogen-bond donors (Lipinski definition) is 0. The first-order chi connectivity index (χ1) is 15.7. The lowest BCUT2D eigenvalue weighted by Crippen LogP contribution is -2.09. The molecule has 0 fully saturated rings. The summed E-state index contributed by atoms with van der Waals surface area (Å²) >= 11 is 1.68. The third-order valence-corrected chi connectivity index (χ3v) is 6.83. The predicted molar refractivity (Wildman–Crippen MR) is 128 cm³/mol. The molecule has 0 unspecified atom stereocenters. The van der Waals surface area contributed by atoms with Gasteiger partial charge < -0.3 is 4.42 Å². The van der Waals surface area contributed by atoms with E-state index in [9.17, 15) is 0 Å². The highest BCUT2D eigenvalue weighted by Gasteiger charge is 2.22. The minimum absolute atomic E-state index is 0.0545. The largest absolute Gasteiger partial charge is 0.453 e. The third kappa shape index (κ3) is 2.93. The van der Waals surface area contributed by atoms with Gasteiger partial charge in [-0.15, -0.1) is 11.3 Å². The first-order valence-electron chi connectivity index (χ1n) is 12.0. The van der Waals surface area contributed by atoms with E-state index >= 15 is 0 Å². The van der Waals surface area contributed by atoms with Crippen LogP contribution in [0.1, 0.15) is 62.1 Å². The van der Waals surface area contributed by atoms with Crippen molar-refractivity contribution in [3.63, 3.8) is 0 Å². The number of nitrogens with zero attached hydrogens (tertiary/aromatic N) is 2. The van der Waals surface area contributed by atoms with E-state index in [1.54, 1.807) is 31.3 Å². The lowest BCUT2D eigenvalue weighted by molar-refractivity contribution is 0.586. The maximum atomic E-state index is 8.54. The van der Waals surface area contributed by atoms with Crippen LogP contribution in [0.15, 0.2) is 47.0 Å². The maximum Gasteiger partial charge on any atom is 0.162 e. The molecule has 5 aromatic rings. The number of rotatable bonds is 2. The Balaban J connectivity index is 1.78. The zero-order valence-electron chi connectivity index (χ0n) is 21.8. The summed E-state index contributed by atoms with van der Waals surface area (Å²) in [5.74, 6) is -1.10. The van der Waals surface area contributed by atoms with Crippen molar-refractivity contribution in [2.75, 3.05) is 0 Å². The van der Waals surface area contributed by atoms with Crippen molar-refractivity contribution in [1.82, 2.24) is 9.97 Å². The molecule has 0 aliphatic rings. The molecule has 0 amide bonds. The zero-order chi connectivity index (χ0) is 24.6. The minimum atomic E-state index is -2.34. The molecule has 3 heterocycles. The highest BCUT2D eigenvalue weighted by atomic mass is 32.1. The van der Waals surface area contributed by atoms with Gasteiger partial charge in [-0.05, 0) is 48.1 Å². The Bertz CT molecular complexity index is 1570. The van der Waals surface area contributed by atoms with Crippen molar-refractivity contribution in [1.29, 1.82) is 0 Å². The van der Waals surface area contributed by atoms with Crippen LogP contribution < -0.4 is 0 Å². The molecule has 5 rings (SSSR count). The summed E-state index contributed by atoms with van der Waals surface area (Å²) in [7, 11) is 0. The lowest BCUT2D eigenvalue weighted by atomic mass is 9.97. The summed E-state index contributed by atoms with van der Waals surface area (Å²) in [6.07, 6.45) is 1.38. The summed E-state index contributed by atoms with van der Waals surface area (Å²) < 4.78 is 39.7. The van der Waals surface area contributed by atoms with Crippen molar-refractivity contribution in [2.45, 2.75) is 52.8 Å². The molecule has 0 saturated heterocycles. The van der Waals surface area contributed by atoms with Crippen LogP contribution in [0.25, 0.3) is 43.4 Å². The van der Waals surface area contributed by atoms with Crippen LogP contribution in [0.5, 0.6) is 0 Å². The maximum absolute atomic E-state index is 8.54. The highest BCUT2D eigenvalue weighted by molar-refractivity contribution is 7.18. The van der Waals surface area contributed by atoms with Gasteiger partial charge in [0.1, 0.15) is 11.1 Å². The van der Waals surface area contributed by atoms with Gasteiger partial charge in [-0.2, -0.15) is 0 Å². The van der Waals surface area contributed by atoms with Gasteiger partial charge in [-0.25, -0.2) is 4.98 Å². The average molecular weight is 419 g/mol. The van der Waals surface area contributed by atoms with Gasteiger partial charge >= 0.3 is 0 Å². The van der Waals surface area contributed by atoms with Gasteiger partial charge in [-0.1, -0.05) is 46.8 Å². The second kappa shape index (κ2) is 6.64. The fourth-order valence-corrected chi connectivity index (χ4v) is 4.81. The molecule has 3 nitrogen and oxygen atoms in total. The molecule has 0 bridgehead atoms. The van der Waals surface area contributed by atoms with Gasteiger partial charge in [0.25, 0.3) is 0 Å². The van der Waals surface area contributed by atoms with Crippen molar-refractivity contribution in [3.8, 4) is 11.3 Å². The zero-order valence-corrected chi connectivity index (χ0v) is 18.6. The fraction of sp³-hybridized carbons (Fsp3) is 0.308. The molecule has 0 N–H and O–H groups in total. The van der Waals surface area contributed by atoms with Gasteiger partial charge in [0.2, 0.25) is 0 Å². The molecule has 0 spiro atoms. The van der Waals surface area contributed by atoms with Crippen LogP contribution in [0, 0.1) is 6.85 Å². The molecule has 3 aromatic heterocycles. The molecule has 0 saturated carbocycles. The second-order valence-corrected chi connectivity index (χ2v) is 9.99. The Hall–Kier alpha value is -2.72. The summed E-state index contributed by atoms with van der Waals surface area (Å²) in [5, 5.41) is 2.99. The Morgan fingerprint density at radius 3 is 2.63 bits per heavy atom. The first-order valence-corrected chi connectivity index (χ1v) is 10.8. The quantitative estimate of drug-likeness (QED) is 0.291. The van der Waals surface area contributed by atoms with Crippen molar-refractivity contribution >= 4 is 43.5 Å². The monoisotopic (exact) mass is 418 g/mol. The molecule has 0 aliphatic heterocycles. The van der Waals surface area contributed by atoms with Crippen molar-refractivity contribution < 1.29 is 9.90 Å². The van der Waals surface area contributed by atoms with Gasteiger partial charge in [0, 0.05) is 33.4 Å². The molecule has 4 heteroatoms. The fourth-order valence-electron chi connectivity index (χ4n) is 3.79. The van der Waals surface area contributed by atoms with E-state index in [4.69, 9.17) is 14.9 Å². The van der Waals surface area contributed by atoms with Crippen LogP contribution in [0.4, 0.5) is 0 Å². The number of aryl methyl sites for hydroxylation is 1.